The predicted octanol–water partition coefficient (Wildman–Crippen LogP) is 5.22. The Labute approximate surface area is 193 Å². The Kier molecular flexibility index (Phi) is 6.57. The van der Waals surface area contributed by atoms with Gasteiger partial charge in [-0.15, -0.1) is 0 Å². The number of halogens is 1. The van der Waals surface area contributed by atoms with Crippen LogP contribution in [0.25, 0.3) is 5.69 Å². The molecule has 1 amide bonds. The molecule has 0 atom stereocenters. The van der Waals surface area contributed by atoms with Crippen molar-refractivity contribution in [1.29, 1.82) is 0 Å². The molecule has 6 nitrogen and oxygen atoms in total. The molecule has 4 rings (SSSR count). The molecule has 1 heterocycles. The summed E-state index contributed by atoms with van der Waals surface area (Å²) in [4.78, 5) is 24.9. The molecule has 0 fully saturated rings. The Morgan fingerprint density at radius 1 is 0.844 bits per heavy atom. The standard InChI is InChI=1S/C25H18BrN3O3/c26-22-9-3-1-7-20(22)25(31)32-19-13-11-18(12-14-19)17-27-28-24(30)21-8-2-4-10-23(21)29-15-5-6-16-29/h1-17H,(H,28,30)/b27-17-. The molecule has 3 aromatic carbocycles. The summed E-state index contributed by atoms with van der Waals surface area (Å²) >= 11 is 3.34. The maximum Gasteiger partial charge on any atom is 0.344 e. The van der Waals surface area contributed by atoms with E-state index in [0.29, 0.717) is 21.3 Å². The number of carbonyl (C=O) groups excluding carboxylic acids is 2. The minimum absolute atomic E-state index is 0.315. The van der Waals surface area contributed by atoms with Crippen molar-refractivity contribution in [3.8, 4) is 11.4 Å². The van der Waals surface area contributed by atoms with Gasteiger partial charge in [-0.3, -0.25) is 4.79 Å². The number of hydrazone groups is 1. The largest absolute Gasteiger partial charge is 0.423 e. The lowest BCUT2D eigenvalue weighted by atomic mass is 10.1. The van der Waals surface area contributed by atoms with Gasteiger partial charge in [-0.2, -0.15) is 5.10 Å². The van der Waals surface area contributed by atoms with Crippen LogP contribution >= 0.6 is 15.9 Å². The van der Waals surface area contributed by atoms with Gasteiger partial charge in [0.15, 0.2) is 0 Å². The highest BCUT2D eigenvalue weighted by molar-refractivity contribution is 9.10. The number of ether oxygens (including phenoxy) is 1. The predicted molar refractivity (Wildman–Crippen MR) is 126 cm³/mol. The fourth-order valence-electron chi connectivity index (χ4n) is 3.02. The molecule has 32 heavy (non-hydrogen) atoms. The van der Waals surface area contributed by atoms with Crippen LogP contribution in [0.2, 0.25) is 0 Å². The minimum Gasteiger partial charge on any atom is -0.423 e. The van der Waals surface area contributed by atoms with Crippen LogP contribution in [0.15, 0.2) is 107 Å². The molecule has 0 saturated carbocycles. The molecule has 4 aromatic rings. The highest BCUT2D eigenvalue weighted by atomic mass is 79.9. The van der Waals surface area contributed by atoms with Crippen LogP contribution < -0.4 is 10.2 Å². The van der Waals surface area contributed by atoms with Gasteiger partial charge in [0, 0.05) is 16.9 Å². The third kappa shape index (κ3) is 5.01. The van der Waals surface area contributed by atoms with Crippen molar-refractivity contribution in [3.05, 3.63) is 118 Å². The Hall–Kier alpha value is -3.97. The number of hydrogen-bond acceptors (Lipinski definition) is 4. The molecule has 0 aliphatic rings. The fourth-order valence-corrected chi connectivity index (χ4v) is 3.47. The van der Waals surface area contributed by atoms with Crippen LogP contribution in [0.1, 0.15) is 26.3 Å². The molecular weight excluding hydrogens is 470 g/mol. The summed E-state index contributed by atoms with van der Waals surface area (Å²) in [5, 5.41) is 4.04. The van der Waals surface area contributed by atoms with Crippen molar-refractivity contribution in [1.82, 2.24) is 9.99 Å². The molecule has 158 valence electrons. The first-order chi connectivity index (χ1) is 15.6. The van der Waals surface area contributed by atoms with E-state index in [1.807, 2.05) is 47.3 Å². The molecule has 0 aliphatic heterocycles. The van der Waals surface area contributed by atoms with Gasteiger partial charge in [0.25, 0.3) is 5.91 Å². The van der Waals surface area contributed by atoms with Crippen molar-refractivity contribution in [2.24, 2.45) is 5.10 Å². The van der Waals surface area contributed by atoms with Crippen LogP contribution in [0.5, 0.6) is 5.75 Å². The first-order valence-corrected chi connectivity index (χ1v) is 10.5. The van der Waals surface area contributed by atoms with E-state index in [-0.39, 0.29) is 5.91 Å². The van der Waals surface area contributed by atoms with Crippen molar-refractivity contribution in [2.75, 3.05) is 0 Å². The zero-order valence-electron chi connectivity index (χ0n) is 16.8. The van der Waals surface area contributed by atoms with Gasteiger partial charge in [-0.1, -0.05) is 24.3 Å². The summed E-state index contributed by atoms with van der Waals surface area (Å²) in [6.07, 6.45) is 5.27. The second-order valence-corrected chi connectivity index (χ2v) is 7.60. The summed E-state index contributed by atoms with van der Waals surface area (Å²) < 4.78 is 7.94. The Morgan fingerprint density at radius 3 is 2.22 bits per heavy atom. The maximum atomic E-state index is 12.6. The summed E-state index contributed by atoms with van der Waals surface area (Å²) in [7, 11) is 0. The molecule has 1 aromatic heterocycles. The van der Waals surface area contributed by atoms with Crippen LogP contribution in [-0.4, -0.2) is 22.7 Å². The zero-order valence-corrected chi connectivity index (χ0v) is 18.4. The molecular formula is C25H18BrN3O3. The summed E-state index contributed by atoms with van der Waals surface area (Å²) in [6, 6.07) is 25.0. The van der Waals surface area contributed by atoms with Gasteiger partial charge < -0.3 is 9.30 Å². The van der Waals surface area contributed by atoms with E-state index >= 15 is 0 Å². The van der Waals surface area contributed by atoms with Crippen molar-refractivity contribution in [3.63, 3.8) is 0 Å². The van der Waals surface area contributed by atoms with E-state index in [0.717, 1.165) is 11.3 Å². The lowest BCUT2D eigenvalue weighted by molar-refractivity contribution is 0.0733. The van der Waals surface area contributed by atoms with Gasteiger partial charge in [0.2, 0.25) is 0 Å². The lowest BCUT2D eigenvalue weighted by Crippen LogP contribution is -2.19. The minimum atomic E-state index is -0.451. The van der Waals surface area contributed by atoms with Gasteiger partial charge >= 0.3 is 5.97 Å². The highest BCUT2D eigenvalue weighted by Gasteiger charge is 2.12. The number of nitrogens with zero attached hydrogens (tertiary/aromatic N) is 2. The van der Waals surface area contributed by atoms with Gasteiger partial charge in [0.05, 0.1) is 23.0 Å². The normalized spacial score (nSPS) is 10.8. The van der Waals surface area contributed by atoms with Gasteiger partial charge in [-0.05, 0) is 82.2 Å². The highest BCUT2D eigenvalue weighted by Crippen LogP contribution is 2.19. The second-order valence-electron chi connectivity index (χ2n) is 6.74. The molecule has 7 heteroatoms. The van der Waals surface area contributed by atoms with E-state index in [1.54, 1.807) is 54.6 Å². The Bertz CT molecular complexity index is 1270. The second kappa shape index (κ2) is 9.89. The average Bonchev–Trinajstić information content (AvgIpc) is 3.35. The van der Waals surface area contributed by atoms with Crippen molar-refractivity contribution in [2.45, 2.75) is 0 Å². The van der Waals surface area contributed by atoms with E-state index in [4.69, 9.17) is 4.74 Å². The van der Waals surface area contributed by atoms with Crippen LogP contribution in [0.4, 0.5) is 0 Å². The lowest BCUT2D eigenvalue weighted by Gasteiger charge is -2.09. The van der Waals surface area contributed by atoms with E-state index < -0.39 is 5.97 Å². The molecule has 0 unspecified atom stereocenters. The molecule has 0 radical (unpaired) electrons. The quantitative estimate of drug-likeness (QED) is 0.175. The number of aromatic nitrogens is 1. The fraction of sp³-hybridized carbons (Fsp3) is 0. The maximum absolute atomic E-state index is 12.6. The molecule has 0 saturated heterocycles. The average molecular weight is 488 g/mol. The third-order valence-electron chi connectivity index (χ3n) is 4.60. The van der Waals surface area contributed by atoms with E-state index in [9.17, 15) is 9.59 Å². The number of hydrogen-bond donors (Lipinski definition) is 1. The van der Waals surface area contributed by atoms with Crippen molar-refractivity contribution >= 4 is 34.0 Å². The molecule has 0 spiro atoms. The molecule has 0 bridgehead atoms. The number of esters is 1. The first kappa shape index (κ1) is 21.3. The Morgan fingerprint density at radius 2 is 1.50 bits per heavy atom. The number of carbonyl (C=O) groups is 2. The van der Waals surface area contributed by atoms with Crippen LogP contribution in [-0.2, 0) is 0 Å². The number of nitrogens with one attached hydrogen (secondary N) is 1. The molecule has 1 N–H and O–H groups in total. The van der Waals surface area contributed by atoms with Gasteiger partial charge in [-0.25, -0.2) is 10.2 Å². The Balaban J connectivity index is 1.38. The van der Waals surface area contributed by atoms with E-state index in [1.165, 1.54) is 6.21 Å². The number of para-hydroxylation sites is 1. The first-order valence-electron chi connectivity index (χ1n) is 9.74. The van der Waals surface area contributed by atoms with Crippen LogP contribution in [0.3, 0.4) is 0 Å². The van der Waals surface area contributed by atoms with Crippen molar-refractivity contribution < 1.29 is 14.3 Å². The summed E-state index contributed by atoms with van der Waals surface area (Å²) in [5.74, 6) is -0.357. The topological polar surface area (TPSA) is 72.7 Å². The number of amides is 1. The third-order valence-corrected chi connectivity index (χ3v) is 5.29. The zero-order chi connectivity index (χ0) is 22.3. The smallest absolute Gasteiger partial charge is 0.344 e. The molecule has 0 aliphatic carbocycles. The van der Waals surface area contributed by atoms with Gasteiger partial charge in [0.1, 0.15) is 5.75 Å². The summed E-state index contributed by atoms with van der Waals surface area (Å²) in [6.45, 7) is 0. The number of benzene rings is 3. The monoisotopic (exact) mass is 487 g/mol. The van der Waals surface area contributed by atoms with Crippen LogP contribution in [0, 0.1) is 0 Å². The van der Waals surface area contributed by atoms with E-state index in [2.05, 4.69) is 26.5 Å². The summed E-state index contributed by atoms with van der Waals surface area (Å²) in [5.41, 5.74) is 5.01. The number of rotatable bonds is 6. The SMILES string of the molecule is O=C(Oc1ccc(/C=N\NC(=O)c2ccccc2-n2cccc2)cc1)c1ccccc1Br.